The van der Waals surface area contributed by atoms with E-state index in [2.05, 4.69) is 17.9 Å². The number of carbonyl (C=O) groups excluding carboxylic acids is 1. The predicted molar refractivity (Wildman–Crippen MR) is 75.5 cm³/mol. The smallest absolute Gasteiger partial charge is 0.161 e. The number of piperidine rings is 1. The van der Waals surface area contributed by atoms with Crippen LogP contribution in [0.4, 0.5) is 0 Å². The molecule has 0 N–H and O–H groups in total. The third-order valence-corrected chi connectivity index (χ3v) is 4.30. The Labute approximate surface area is 114 Å². The van der Waals surface area contributed by atoms with Crippen LogP contribution in [0, 0.1) is 0 Å². The molecule has 1 aliphatic heterocycles. The minimum absolute atomic E-state index is 0.0489. The van der Waals surface area contributed by atoms with Crippen LogP contribution in [0.5, 0.6) is 0 Å². The lowest BCUT2D eigenvalue weighted by atomic mass is 9.88. The number of rotatable bonds is 3. The van der Waals surface area contributed by atoms with Crippen molar-refractivity contribution in [3.63, 3.8) is 0 Å². The van der Waals surface area contributed by atoms with E-state index in [1.807, 2.05) is 12.1 Å². The van der Waals surface area contributed by atoms with Gasteiger partial charge in [0.2, 0.25) is 0 Å². The van der Waals surface area contributed by atoms with Crippen LogP contribution in [-0.2, 0) is 0 Å². The number of benzene rings is 1. The summed E-state index contributed by atoms with van der Waals surface area (Å²) in [6, 6.07) is 5.83. The highest BCUT2D eigenvalue weighted by atomic mass is 35.5. The second-order valence-electron chi connectivity index (χ2n) is 4.97. The van der Waals surface area contributed by atoms with E-state index in [0.717, 1.165) is 38.0 Å². The minimum atomic E-state index is 0.0489. The van der Waals surface area contributed by atoms with E-state index in [1.165, 1.54) is 0 Å². The molecule has 1 heterocycles. The Bertz CT molecular complexity index is 436. The SMILES string of the molecule is CCN1CCC(c2cccc(C(C)=O)c2Cl)CC1. The maximum absolute atomic E-state index is 11.5. The highest BCUT2D eigenvalue weighted by Crippen LogP contribution is 2.34. The molecule has 0 atom stereocenters. The Morgan fingerprint density at radius 2 is 2.06 bits per heavy atom. The molecule has 1 fully saturated rings. The fraction of sp³-hybridized carbons (Fsp3) is 0.533. The van der Waals surface area contributed by atoms with Gasteiger partial charge in [-0.05, 0) is 56.9 Å². The van der Waals surface area contributed by atoms with E-state index in [9.17, 15) is 4.79 Å². The Morgan fingerprint density at radius 1 is 1.39 bits per heavy atom. The van der Waals surface area contributed by atoms with Crippen molar-refractivity contribution in [3.8, 4) is 0 Å². The second-order valence-corrected chi connectivity index (χ2v) is 5.35. The maximum Gasteiger partial charge on any atom is 0.161 e. The Hall–Kier alpha value is -0.860. The average Bonchev–Trinajstić information content (AvgIpc) is 2.39. The first-order chi connectivity index (χ1) is 8.63. The summed E-state index contributed by atoms with van der Waals surface area (Å²) in [7, 11) is 0. The van der Waals surface area contributed by atoms with Crippen molar-refractivity contribution >= 4 is 17.4 Å². The van der Waals surface area contributed by atoms with Crippen molar-refractivity contribution in [2.75, 3.05) is 19.6 Å². The molecule has 2 rings (SSSR count). The van der Waals surface area contributed by atoms with Crippen LogP contribution < -0.4 is 0 Å². The zero-order valence-electron chi connectivity index (χ0n) is 11.1. The number of hydrogen-bond acceptors (Lipinski definition) is 2. The highest BCUT2D eigenvalue weighted by Gasteiger charge is 2.22. The van der Waals surface area contributed by atoms with Crippen molar-refractivity contribution in [1.82, 2.24) is 4.90 Å². The van der Waals surface area contributed by atoms with Crippen LogP contribution in [0.2, 0.25) is 5.02 Å². The summed E-state index contributed by atoms with van der Waals surface area (Å²) < 4.78 is 0. The quantitative estimate of drug-likeness (QED) is 0.776. The molecule has 0 aliphatic carbocycles. The van der Waals surface area contributed by atoms with Crippen LogP contribution >= 0.6 is 11.6 Å². The first kappa shape index (κ1) is 13.6. The molecule has 98 valence electrons. The summed E-state index contributed by atoms with van der Waals surface area (Å²) in [5.41, 5.74) is 1.81. The van der Waals surface area contributed by atoms with E-state index >= 15 is 0 Å². The number of nitrogens with zero attached hydrogens (tertiary/aromatic N) is 1. The molecular formula is C15H20ClNO. The third-order valence-electron chi connectivity index (χ3n) is 3.88. The Balaban J connectivity index is 2.19. The van der Waals surface area contributed by atoms with Crippen molar-refractivity contribution in [2.45, 2.75) is 32.6 Å². The normalized spacial score (nSPS) is 17.9. The summed E-state index contributed by atoms with van der Waals surface area (Å²) in [6.07, 6.45) is 2.27. The first-order valence-corrected chi connectivity index (χ1v) is 7.03. The highest BCUT2D eigenvalue weighted by molar-refractivity contribution is 6.34. The monoisotopic (exact) mass is 265 g/mol. The number of Topliss-reactive ketones (excluding diaryl/α,β-unsaturated/α-hetero) is 1. The molecule has 0 amide bonds. The number of hydrogen-bond donors (Lipinski definition) is 0. The molecular weight excluding hydrogens is 246 g/mol. The molecule has 0 unspecified atom stereocenters. The van der Waals surface area contributed by atoms with Gasteiger partial charge in [-0.25, -0.2) is 0 Å². The van der Waals surface area contributed by atoms with Gasteiger partial charge in [0.15, 0.2) is 5.78 Å². The van der Waals surface area contributed by atoms with Crippen LogP contribution in [0.15, 0.2) is 18.2 Å². The molecule has 0 saturated carbocycles. The first-order valence-electron chi connectivity index (χ1n) is 6.65. The topological polar surface area (TPSA) is 20.3 Å². The van der Waals surface area contributed by atoms with Crippen LogP contribution in [0.1, 0.15) is 48.5 Å². The Kier molecular flexibility index (Phi) is 4.41. The van der Waals surface area contributed by atoms with E-state index < -0.39 is 0 Å². The van der Waals surface area contributed by atoms with Crippen molar-refractivity contribution in [2.24, 2.45) is 0 Å². The van der Waals surface area contributed by atoms with Gasteiger partial charge in [0.1, 0.15) is 0 Å². The molecule has 0 aromatic heterocycles. The van der Waals surface area contributed by atoms with E-state index in [0.29, 0.717) is 16.5 Å². The van der Waals surface area contributed by atoms with Crippen LogP contribution in [0.3, 0.4) is 0 Å². The lowest BCUT2D eigenvalue weighted by Crippen LogP contribution is -2.32. The Morgan fingerprint density at radius 3 is 2.61 bits per heavy atom. The molecule has 2 nitrogen and oxygen atoms in total. The van der Waals surface area contributed by atoms with Crippen molar-refractivity contribution in [1.29, 1.82) is 0 Å². The van der Waals surface area contributed by atoms with Gasteiger partial charge in [-0.2, -0.15) is 0 Å². The lowest BCUT2D eigenvalue weighted by Gasteiger charge is -2.31. The molecule has 0 spiro atoms. The van der Waals surface area contributed by atoms with Gasteiger partial charge in [-0.3, -0.25) is 4.79 Å². The van der Waals surface area contributed by atoms with Gasteiger partial charge in [0.05, 0.1) is 5.02 Å². The van der Waals surface area contributed by atoms with Gasteiger partial charge in [-0.1, -0.05) is 30.7 Å². The third kappa shape index (κ3) is 2.76. The van der Waals surface area contributed by atoms with Gasteiger partial charge < -0.3 is 4.90 Å². The molecule has 1 aliphatic rings. The fourth-order valence-corrected chi connectivity index (χ4v) is 3.11. The van der Waals surface area contributed by atoms with Gasteiger partial charge in [0, 0.05) is 5.56 Å². The van der Waals surface area contributed by atoms with E-state index in [4.69, 9.17) is 11.6 Å². The number of likely N-dealkylation sites (tertiary alicyclic amines) is 1. The predicted octanol–water partition coefficient (Wildman–Crippen LogP) is 3.74. The molecule has 0 radical (unpaired) electrons. The van der Waals surface area contributed by atoms with Gasteiger partial charge in [-0.15, -0.1) is 0 Å². The number of halogens is 1. The minimum Gasteiger partial charge on any atom is -0.304 e. The summed E-state index contributed by atoms with van der Waals surface area (Å²) in [5.74, 6) is 0.549. The standard InChI is InChI=1S/C15H20ClNO/c1-3-17-9-7-12(8-10-17)14-6-4-5-13(11(2)18)15(14)16/h4-6,12H,3,7-10H2,1-2H3. The maximum atomic E-state index is 11.5. The molecule has 3 heteroatoms. The second kappa shape index (κ2) is 5.85. The molecule has 0 bridgehead atoms. The largest absolute Gasteiger partial charge is 0.304 e. The van der Waals surface area contributed by atoms with Gasteiger partial charge >= 0.3 is 0 Å². The van der Waals surface area contributed by atoms with Crippen LogP contribution in [0.25, 0.3) is 0 Å². The summed E-state index contributed by atoms with van der Waals surface area (Å²) in [4.78, 5) is 14.0. The van der Waals surface area contributed by atoms with E-state index in [-0.39, 0.29) is 5.78 Å². The van der Waals surface area contributed by atoms with E-state index in [1.54, 1.807) is 6.92 Å². The molecule has 1 aromatic carbocycles. The molecule has 1 saturated heterocycles. The lowest BCUT2D eigenvalue weighted by molar-refractivity contribution is 0.101. The zero-order chi connectivity index (χ0) is 13.1. The molecule has 18 heavy (non-hydrogen) atoms. The summed E-state index contributed by atoms with van der Waals surface area (Å²) in [5, 5.41) is 0.667. The zero-order valence-corrected chi connectivity index (χ0v) is 11.8. The summed E-state index contributed by atoms with van der Waals surface area (Å²) >= 11 is 6.37. The number of carbonyl (C=O) groups is 1. The number of ketones is 1. The van der Waals surface area contributed by atoms with Crippen LogP contribution in [-0.4, -0.2) is 30.3 Å². The van der Waals surface area contributed by atoms with Crippen molar-refractivity contribution < 1.29 is 4.79 Å². The molecule has 1 aromatic rings. The fourth-order valence-electron chi connectivity index (χ4n) is 2.70. The average molecular weight is 266 g/mol. The van der Waals surface area contributed by atoms with Crippen molar-refractivity contribution in [3.05, 3.63) is 34.3 Å². The summed E-state index contributed by atoms with van der Waals surface area (Å²) in [6.45, 7) is 7.14. The van der Waals surface area contributed by atoms with Gasteiger partial charge in [0.25, 0.3) is 0 Å².